The van der Waals surface area contributed by atoms with Crippen molar-refractivity contribution in [1.29, 1.82) is 0 Å². The fraction of sp³-hybridized carbons (Fsp3) is 0.375. The predicted octanol–water partition coefficient (Wildman–Crippen LogP) is 5.98. The molecule has 4 heteroatoms. The van der Waals surface area contributed by atoms with E-state index in [-0.39, 0.29) is 6.04 Å². The van der Waals surface area contributed by atoms with Crippen LogP contribution in [0.15, 0.2) is 32.5 Å². The lowest BCUT2D eigenvalue weighted by Gasteiger charge is -2.20. The van der Waals surface area contributed by atoms with Crippen molar-refractivity contribution < 1.29 is 0 Å². The average molecular weight is 417 g/mol. The quantitative estimate of drug-likeness (QED) is 0.632. The summed E-state index contributed by atoms with van der Waals surface area (Å²) in [5, 5.41) is 3.68. The molecule has 0 aliphatic carbocycles. The lowest BCUT2D eigenvalue weighted by molar-refractivity contribution is 0.603. The van der Waals surface area contributed by atoms with Crippen molar-refractivity contribution >= 4 is 43.2 Å². The normalized spacial score (nSPS) is 12.7. The zero-order valence-electron chi connectivity index (χ0n) is 12.0. The van der Waals surface area contributed by atoms with Crippen LogP contribution in [-0.2, 0) is 0 Å². The molecule has 0 saturated carbocycles. The summed E-state index contributed by atoms with van der Waals surface area (Å²) in [5.74, 6) is 0. The van der Waals surface area contributed by atoms with E-state index in [1.54, 1.807) is 0 Å². The van der Waals surface area contributed by atoms with Gasteiger partial charge in [0.1, 0.15) is 0 Å². The second kappa shape index (κ2) is 7.21. The number of hydrogen-bond acceptors (Lipinski definition) is 2. The number of aryl methyl sites for hydroxylation is 2. The van der Waals surface area contributed by atoms with Crippen LogP contribution in [-0.4, -0.2) is 6.54 Å². The van der Waals surface area contributed by atoms with Gasteiger partial charge in [-0.25, -0.2) is 0 Å². The Hall–Kier alpha value is -0.160. The van der Waals surface area contributed by atoms with Gasteiger partial charge in [-0.2, -0.15) is 0 Å². The van der Waals surface area contributed by atoms with Crippen molar-refractivity contribution in [2.24, 2.45) is 0 Å². The van der Waals surface area contributed by atoms with Crippen molar-refractivity contribution in [2.75, 3.05) is 6.54 Å². The van der Waals surface area contributed by atoms with E-state index in [9.17, 15) is 0 Å². The van der Waals surface area contributed by atoms with E-state index in [0.29, 0.717) is 0 Å². The van der Waals surface area contributed by atoms with Gasteiger partial charge in [-0.3, -0.25) is 0 Å². The summed E-state index contributed by atoms with van der Waals surface area (Å²) in [5.41, 5.74) is 3.98. The maximum atomic E-state index is 3.68. The van der Waals surface area contributed by atoms with E-state index >= 15 is 0 Å². The number of halogens is 2. The molecule has 0 amide bonds. The largest absolute Gasteiger partial charge is 0.306 e. The molecule has 0 aliphatic rings. The third kappa shape index (κ3) is 3.73. The molecule has 2 rings (SSSR count). The summed E-state index contributed by atoms with van der Waals surface area (Å²) in [4.78, 5) is 1.36. The van der Waals surface area contributed by atoms with Gasteiger partial charge in [0.25, 0.3) is 0 Å². The van der Waals surface area contributed by atoms with Crippen LogP contribution in [0.25, 0.3) is 0 Å². The maximum Gasteiger partial charge on any atom is 0.0731 e. The fourth-order valence-corrected chi connectivity index (χ4v) is 4.25. The SMILES string of the molecule is CCCNC(c1cc(C)c(Br)s1)c1cc(Br)ccc1C. The van der Waals surface area contributed by atoms with Crippen molar-refractivity contribution in [1.82, 2.24) is 5.32 Å². The highest BCUT2D eigenvalue weighted by molar-refractivity contribution is 9.11. The zero-order chi connectivity index (χ0) is 14.7. The summed E-state index contributed by atoms with van der Waals surface area (Å²) in [6, 6.07) is 9.05. The van der Waals surface area contributed by atoms with Crippen LogP contribution in [0.3, 0.4) is 0 Å². The van der Waals surface area contributed by atoms with Gasteiger partial charge >= 0.3 is 0 Å². The van der Waals surface area contributed by atoms with Gasteiger partial charge in [-0.1, -0.05) is 28.9 Å². The van der Waals surface area contributed by atoms with E-state index < -0.39 is 0 Å². The maximum absolute atomic E-state index is 3.68. The lowest BCUT2D eigenvalue weighted by Crippen LogP contribution is -2.23. The molecule has 1 nitrogen and oxygen atoms in total. The van der Waals surface area contributed by atoms with Gasteiger partial charge in [0.05, 0.1) is 9.83 Å². The molecule has 0 radical (unpaired) electrons. The van der Waals surface area contributed by atoms with E-state index in [4.69, 9.17) is 0 Å². The van der Waals surface area contributed by atoms with Crippen molar-refractivity contribution in [2.45, 2.75) is 33.2 Å². The standard InChI is InChI=1S/C16H19Br2NS/c1-4-7-19-15(14-8-11(3)16(18)20-14)13-9-12(17)6-5-10(13)2/h5-6,8-9,15,19H,4,7H2,1-3H3. The molecular weight excluding hydrogens is 398 g/mol. The second-order valence-corrected chi connectivity index (χ2v) is 8.31. The summed E-state index contributed by atoms with van der Waals surface area (Å²) < 4.78 is 2.36. The lowest BCUT2D eigenvalue weighted by atomic mass is 9.99. The number of thiophene rings is 1. The molecule has 0 bridgehead atoms. The molecule has 108 valence electrons. The van der Waals surface area contributed by atoms with Crippen molar-refractivity contribution in [3.8, 4) is 0 Å². The monoisotopic (exact) mass is 415 g/mol. The van der Waals surface area contributed by atoms with Gasteiger partial charge in [-0.05, 0) is 77.6 Å². The smallest absolute Gasteiger partial charge is 0.0731 e. The Morgan fingerprint density at radius 3 is 2.50 bits per heavy atom. The van der Waals surface area contributed by atoms with Crippen LogP contribution in [0.2, 0.25) is 0 Å². The van der Waals surface area contributed by atoms with Gasteiger partial charge < -0.3 is 5.32 Å². The highest BCUT2D eigenvalue weighted by Crippen LogP contribution is 2.36. The Labute approximate surface area is 142 Å². The Balaban J connectivity index is 2.43. The minimum absolute atomic E-state index is 0.266. The highest BCUT2D eigenvalue weighted by Gasteiger charge is 2.18. The average Bonchev–Trinajstić information content (AvgIpc) is 2.74. The Kier molecular flexibility index (Phi) is 5.84. The summed E-state index contributed by atoms with van der Waals surface area (Å²) in [6.07, 6.45) is 1.13. The van der Waals surface area contributed by atoms with Gasteiger partial charge in [0.15, 0.2) is 0 Å². The van der Waals surface area contributed by atoms with E-state index in [1.165, 1.54) is 25.4 Å². The van der Waals surface area contributed by atoms with Crippen LogP contribution in [0, 0.1) is 13.8 Å². The molecule has 20 heavy (non-hydrogen) atoms. The number of rotatable bonds is 5. The van der Waals surface area contributed by atoms with Crippen LogP contribution in [0.1, 0.15) is 41.0 Å². The Morgan fingerprint density at radius 1 is 1.15 bits per heavy atom. The van der Waals surface area contributed by atoms with Gasteiger partial charge in [-0.15, -0.1) is 11.3 Å². The predicted molar refractivity (Wildman–Crippen MR) is 95.8 cm³/mol. The number of hydrogen-bond donors (Lipinski definition) is 1. The molecule has 0 saturated heterocycles. The summed E-state index contributed by atoms with van der Waals surface area (Å²) >= 11 is 9.05. The van der Waals surface area contributed by atoms with E-state index in [1.807, 2.05) is 11.3 Å². The third-order valence-electron chi connectivity index (χ3n) is 3.31. The topological polar surface area (TPSA) is 12.0 Å². The van der Waals surface area contributed by atoms with Crippen LogP contribution >= 0.6 is 43.2 Å². The van der Waals surface area contributed by atoms with Crippen LogP contribution in [0.4, 0.5) is 0 Å². The number of nitrogens with one attached hydrogen (secondary N) is 1. The molecule has 1 aromatic heterocycles. The molecule has 1 unspecified atom stereocenters. The first kappa shape index (κ1) is 16.2. The van der Waals surface area contributed by atoms with Crippen molar-refractivity contribution in [3.63, 3.8) is 0 Å². The van der Waals surface area contributed by atoms with Crippen LogP contribution in [0.5, 0.6) is 0 Å². The molecule has 0 fully saturated rings. The van der Waals surface area contributed by atoms with Gasteiger partial charge in [0.2, 0.25) is 0 Å². The molecule has 2 aromatic rings. The van der Waals surface area contributed by atoms with Gasteiger partial charge in [0, 0.05) is 9.35 Å². The molecule has 1 N–H and O–H groups in total. The third-order valence-corrected chi connectivity index (χ3v) is 6.01. The van der Waals surface area contributed by atoms with E-state index in [0.717, 1.165) is 17.4 Å². The first-order valence-electron chi connectivity index (χ1n) is 6.78. The number of benzene rings is 1. The second-order valence-electron chi connectivity index (χ2n) is 4.99. The Bertz CT molecular complexity index is 573. The molecule has 1 aromatic carbocycles. The van der Waals surface area contributed by atoms with Crippen LogP contribution < -0.4 is 5.32 Å². The minimum atomic E-state index is 0.266. The molecular formula is C16H19Br2NS. The molecule has 0 aliphatic heterocycles. The zero-order valence-corrected chi connectivity index (χ0v) is 16.0. The Morgan fingerprint density at radius 2 is 1.90 bits per heavy atom. The fourth-order valence-electron chi connectivity index (χ4n) is 2.20. The first-order valence-corrected chi connectivity index (χ1v) is 9.18. The summed E-state index contributed by atoms with van der Waals surface area (Å²) in [7, 11) is 0. The van der Waals surface area contributed by atoms with Crippen molar-refractivity contribution in [3.05, 3.63) is 54.1 Å². The molecule has 1 atom stereocenters. The first-order chi connectivity index (χ1) is 9.52. The summed E-state index contributed by atoms with van der Waals surface area (Å²) in [6.45, 7) is 7.55. The minimum Gasteiger partial charge on any atom is -0.306 e. The highest BCUT2D eigenvalue weighted by atomic mass is 79.9. The molecule has 1 heterocycles. The molecule has 0 spiro atoms. The van der Waals surface area contributed by atoms with E-state index in [2.05, 4.69) is 82.2 Å².